The Labute approximate surface area is 165 Å². The van der Waals surface area contributed by atoms with Gasteiger partial charge in [-0.15, -0.1) is 0 Å². The first-order chi connectivity index (χ1) is 13.3. The number of imide groups is 1. The molecule has 0 bridgehead atoms. The summed E-state index contributed by atoms with van der Waals surface area (Å²) >= 11 is 0. The van der Waals surface area contributed by atoms with E-state index in [1.807, 2.05) is 50.9 Å². The van der Waals surface area contributed by atoms with Crippen LogP contribution in [0.25, 0.3) is 0 Å². The van der Waals surface area contributed by atoms with Gasteiger partial charge < -0.3 is 4.90 Å². The Morgan fingerprint density at radius 2 is 1.96 bits per heavy atom. The number of carbonyl (C=O) groups is 2. The Morgan fingerprint density at radius 1 is 1.21 bits per heavy atom. The Bertz CT molecular complexity index is 853. The monoisotopic (exact) mass is 384 g/mol. The maximum atomic E-state index is 13.5. The molecule has 1 aromatic rings. The lowest BCUT2D eigenvalue weighted by Gasteiger charge is -2.42. The zero-order chi connectivity index (χ0) is 20.2. The number of amides is 3. The van der Waals surface area contributed by atoms with E-state index < -0.39 is 6.04 Å². The second-order valence-corrected chi connectivity index (χ2v) is 7.94. The van der Waals surface area contributed by atoms with Gasteiger partial charge in [0.1, 0.15) is 12.2 Å². The van der Waals surface area contributed by atoms with E-state index in [-0.39, 0.29) is 24.4 Å². The summed E-state index contributed by atoms with van der Waals surface area (Å²) in [6.45, 7) is 9.67. The lowest BCUT2D eigenvalue weighted by atomic mass is 10.0. The molecule has 0 spiro atoms. The Balaban J connectivity index is 1.66. The van der Waals surface area contributed by atoms with Crippen molar-refractivity contribution in [3.8, 4) is 0 Å². The summed E-state index contributed by atoms with van der Waals surface area (Å²) in [5.41, 5.74) is 4.17. The third-order valence-electron chi connectivity index (χ3n) is 5.91. The van der Waals surface area contributed by atoms with Crippen LogP contribution in [0.15, 0.2) is 23.3 Å². The van der Waals surface area contributed by atoms with E-state index in [0.29, 0.717) is 13.1 Å². The number of nitrogens with zero attached hydrogens (tertiary/aromatic N) is 5. The van der Waals surface area contributed by atoms with Gasteiger partial charge in [0.25, 0.3) is 5.91 Å². The molecule has 8 heteroatoms. The van der Waals surface area contributed by atoms with Gasteiger partial charge in [-0.25, -0.2) is 9.69 Å². The van der Waals surface area contributed by atoms with Gasteiger partial charge in [0.15, 0.2) is 6.29 Å². The van der Waals surface area contributed by atoms with E-state index in [0.717, 1.165) is 28.9 Å². The summed E-state index contributed by atoms with van der Waals surface area (Å²) in [5, 5.41) is 9.97. The van der Waals surface area contributed by atoms with Gasteiger partial charge in [-0.2, -0.15) is 5.10 Å². The van der Waals surface area contributed by atoms with Crippen molar-refractivity contribution in [1.29, 1.82) is 0 Å². The molecule has 3 atom stereocenters. The number of urea groups is 1. The van der Waals surface area contributed by atoms with Crippen molar-refractivity contribution in [3.63, 3.8) is 0 Å². The van der Waals surface area contributed by atoms with Crippen LogP contribution >= 0.6 is 0 Å². The van der Waals surface area contributed by atoms with Crippen LogP contribution in [0.3, 0.4) is 0 Å². The van der Waals surface area contributed by atoms with Crippen molar-refractivity contribution in [2.45, 2.75) is 52.7 Å². The van der Waals surface area contributed by atoms with Gasteiger partial charge in [0.2, 0.25) is 0 Å². The standard InChI is InChI=1S/C20H28N6O2/c1-6-26-19-21-17-16(24(19)10-14(4)22-26)18(27)25(20(28)23(17)5)11-15-9-12(2)7-8-13(15)3/h7-9,16-17,19,21H,6,10-11H2,1-5H3. The van der Waals surface area contributed by atoms with E-state index in [1.165, 1.54) is 4.90 Å². The number of carbonyl (C=O) groups excluding carboxylic acids is 2. The van der Waals surface area contributed by atoms with Gasteiger partial charge in [-0.05, 0) is 38.8 Å². The van der Waals surface area contributed by atoms with Crippen molar-refractivity contribution in [1.82, 2.24) is 25.0 Å². The number of hydrogen-bond donors (Lipinski definition) is 1. The highest BCUT2D eigenvalue weighted by atomic mass is 16.2. The lowest BCUT2D eigenvalue weighted by molar-refractivity contribution is -0.139. The average molecular weight is 384 g/mol. The van der Waals surface area contributed by atoms with Crippen LogP contribution in [0.5, 0.6) is 0 Å². The fraction of sp³-hybridized carbons (Fsp3) is 0.550. The molecule has 0 saturated carbocycles. The summed E-state index contributed by atoms with van der Waals surface area (Å²) in [6, 6.07) is 5.44. The number of rotatable bonds is 3. The number of benzene rings is 1. The first-order valence-electron chi connectivity index (χ1n) is 9.78. The fourth-order valence-corrected chi connectivity index (χ4v) is 4.38. The van der Waals surface area contributed by atoms with Crippen molar-refractivity contribution in [2.24, 2.45) is 5.10 Å². The molecule has 3 aliphatic heterocycles. The second-order valence-electron chi connectivity index (χ2n) is 7.94. The van der Waals surface area contributed by atoms with Crippen molar-refractivity contribution < 1.29 is 9.59 Å². The first kappa shape index (κ1) is 18.9. The molecule has 8 nitrogen and oxygen atoms in total. The number of fused-ring (bicyclic) bond motifs is 3. The Morgan fingerprint density at radius 3 is 2.68 bits per heavy atom. The highest BCUT2D eigenvalue weighted by Crippen LogP contribution is 2.31. The Kier molecular flexibility index (Phi) is 4.63. The van der Waals surface area contributed by atoms with Crippen molar-refractivity contribution >= 4 is 17.6 Å². The van der Waals surface area contributed by atoms with Crippen LogP contribution in [0, 0.1) is 13.8 Å². The minimum Gasteiger partial charge on any atom is -0.310 e. The maximum Gasteiger partial charge on any atom is 0.328 e. The smallest absolute Gasteiger partial charge is 0.310 e. The van der Waals surface area contributed by atoms with E-state index >= 15 is 0 Å². The van der Waals surface area contributed by atoms with Crippen LogP contribution in [-0.4, -0.2) is 76.0 Å². The minimum absolute atomic E-state index is 0.144. The molecule has 4 rings (SSSR count). The van der Waals surface area contributed by atoms with Gasteiger partial charge in [0.05, 0.1) is 6.54 Å². The highest BCUT2D eigenvalue weighted by molar-refractivity contribution is 6.01. The first-order valence-corrected chi connectivity index (χ1v) is 9.78. The quantitative estimate of drug-likeness (QED) is 0.850. The number of hydrogen-bond acceptors (Lipinski definition) is 6. The molecule has 3 amide bonds. The predicted octanol–water partition coefficient (Wildman–Crippen LogP) is 1.29. The van der Waals surface area contributed by atoms with Crippen LogP contribution in [0.4, 0.5) is 4.79 Å². The molecule has 1 N–H and O–H groups in total. The molecule has 0 aliphatic carbocycles. The summed E-state index contributed by atoms with van der Waals surface area (Å²) in [6.07, 6.45) is -0.529. The number of hydrazone groups is 1. The zero-order valence-corrected chi connectivity index (χ0v) is 17.1. The number of nitrogens with one attached hydrogen (secondary N) is 1. The van der Waals surface area contributed by atoms with Crippen molar-refractivity contribution in [3.05, 3.63) is 34.9 Å². The maximum absolute atomic E-state index is 13.5. The van der Waals surface area contributed by atoms with Crippen LogP contribution < -0.4 is 5.32 Å². The molecule has 3 aliphatic rings. The predicted molar refractivity (Wildman–Crippen MR) is 106 cm³/mol. The molecular formula is C20H28N6O2. The van der Waals surface area contributed by atoms with E-state index in [9.17, 15) is 9.59 Å². The second kappa shape index (κ2) is 6.86. The lowest BCUT2D eigenvalue weighted by Crippen LogP contribution is -2.66. The minimum atomic E-state index is -0.419. The molecule has 28 heavy (non-hydrogen) atoms. The third-order valence-corrected chi connectivity index (χ3v) is 5.91. The van der Waals surface area contributed by atoms with Crippen LogP contribution in [-0.2, 0) is 11.3 Å². The summed E-state index contributed by atoms with van der Waals surface area (Å²) in [5.74, 6) is -0.144. The molecule has 0 radical (unpaired) electrons. The molecular weight excluding hydrogens is 356 g/mol. The molecule has 2 fully saturated rings. The van der Waals surface area contributed by atoms with Gasteiger partial charge in [0, 0.05) is 25.8 Å². The molecule has 2 saturated heterocycles. The largest absolute Gasteiger partial charge is 0.328 e. The van der Waals surface area contributed by atoms with E-state index in [4.69, 9.17) is 0 Å². The Hall–Kier alpha value is -2.45. The third kappa shape index (κ3) is 2.87. The molecule has 1 aromatic carbocycles. The van der Waals surface area contributed by atoms with Gasteiger partial charge >= 0.3 is 6.03 Å². The van der Waals surface area contributed by atoms with E-state index in [2.05, 4.69) is 15.3 Å². The zero-order valence-electron chi connectivity index (χ0n) is 17.1. The van der Waals surface area contributed by atoms with Crippen molar-refractivity contribution in [2.75, 3.05) is 20.1 Å². The summed E-state index contributed by atoms with van der Waals surface area (Å²) in [7, 11) is 1.76. The normalized spacial score (nSPS) is 27.8. The molecule has 0 aromatic heterocycles. The number of likely N-dealkylation sites (N-methyl/N-ethyl adjacent to an activating group) is 1. The van der Waals surface area contributed by atoms with Crippen LogP contribution in [0.2, 0.25) is 0 Å². The van der Waals surface area contributed by atoms with Crippen LogP contribution in [0.1, 0.15) is 30.5 Å². The fourth-order valence-electron chi connectivity index (χ4n) is 4.38. The highest BCUT2D eigenvalue weighted by Gasteiger charge is 2.56. The molecule has 3 unspecified atom stereocenters. The SMILES string of the molecule is CCN1N=C(C)CN2C3C(=O)N(Cc4cc(C)ccc4C)C(=O)N(C)C3NC12. The topological polar surface area (TPSA) is 71.5 Å². The molecule has 3 heterocycles. The number of aryl methyl sites for hydroxylation is 2. The average Bonchev–Trinajstić information content (AvgIpc) is 3.05. The summed E-state index contributed by atoms with van der Waals surface area (Å²) < 4.78 is 0. The van der Waals surface area contributed by atoms with Gasteiger partial charge in [-0.1, -0.05) is 23.8 Å². The van der Waals surface area contributed by atoms with E-state index in [1.54, 1.807) is 11.9 Å². The summed E-state index contributed by atoms with van der Waals surface area (Å²) in [4.78, 5) is 31.7. The van der Waals surface area contributed by atoms with Gasteiger partial charge in [-0.3, -0.25) is 20.0 Å². The molecule has 150 valence electrons.